The van der Waals surface area contributed by atoms with Crippen molar-refractivity contribution in [3.05, 3.63) is 29.3 Å². The Balaban J connectivity index is 3.09. The van der Waals surface area contributed by atoms with Gasteiger partial charge in [0.05, 0.1) is 5.56 Å². The highest BCUT2D eigenvalue weighted by atomic mass is 16.6. The maximum atomic E-state index is 10.5. The lowest BCUT2D eigenvalue weighted by Crippen LogP contribution is -1.99. The predicted molar refractivity (Wildman–Crippen MR) is 44.9 cm³/mol. The second-order valence-corrected chi connectivity index (χ2v) is 2.31. The summed E-state index contributed by atoms with van der Waals surface area (Å²) in [6.07, 6.45) is 1.23. The molecule has 0 heterocycles. The van der Waals surface area contributed by atoms with E-state index in [1.54, 1.807) is 0 Å². The van der Waals surface area contributed by atoms with Gasteiger partial charge in [0.1, 0.15) is 12.0 Å². The molecule has 13 heavy (non-hydrogen) atoms. The lowest BCUT2D eigenvalue weighted by atomic mass is 10.1. The summed E-state index contributed by atoms with van der Waals surface area (Å²) in [4.78, 5) is 20.8. The highest BCUT2D eigenvalue weighted by Gasteiger charge is 2.03. The second kappa shape index (κ2) is 4.37. The molecule has 4 heteroatoms. The summed E-state index contributed by atoms with van der Waals surface area (Å²) in [6.45, 7) is -0.525. The van der Waals surface area contributed by atoms with Crippen LogP contribution in [-0.2, 0) is 0 Å². The molecule has 1 aromatic rings. The molecule has 0 spiro atoms. The summed E-state index contributed by atoms with van der Waals surface area (Å²) in [5, 5.41) is 8.48. The Bertz CT molecular complexity index is 319. The molecule has 0 aliphatic rings. The third-order valence-corrected chi connectivity index (χ3v) is 1.52. The van der Waals surface area contributed by atoms with E-state index in [2.05, 4.69) is 0 Å². The van der Waals surface area contributed by atoms with Gasteiger partial charge in [-0.3, -0.25) is 9.59 Å². The normalized spacial score (nSPS) is 9.31. The van der Waals surface area contributed by atoms with E-state index < -0.39 is 6.79 Å². The van der Waals surface area contributed by atoms with Crippen LogP contribution in [0.1, 0.15) is 20.7 Å². The zero-order chi connectivity index (χ0) is 9.68. The molecule has 1 rings (SSSR count). The van der Waals surface area contributed by atoms with Crippen molar-refractivity contribution >= 4 is 12.6 Å². The molecule has 1 N–H and O–H groups in total. The summed E-state index contributed by atoms with van der Waals surface area (Å²) >= 11 is 0. The molecule has 0 saturated carbocycles. The van der Waals surface area contributed by atoms with Gasteiger partial charge in [-0.25, -0.2) is 0 Å². The Morgan fingerprint density at radius 3 is 2.62 bits per heavy atom. The van der Waals surface area contributed by atoms with Crippen LogP contribution in [0.2, 0.25) is 0 Å². The number of carbonyl (C=O) groups excluding carboxylic acids is 2. The van der Waals surface area contributed by atoms with Crippen molar-refractivity contribution in [3.63, 3.8) is 0 Å². The molecular weight excluding hydrogens is 172 g/mol. The highest BCUT2D eigenvalue weighted by Crippen LogP contribution is 2.17. The summed E-state index contributed by atoms with van der Waals surface area (Å²) in [6, 6.07) is 4.36. The predicted octanol–water partition coefficient (Wildman–Crippen LogP) is 0.640. The second-order valence-electron chi connectivity index (χ2n) is 2.31. The Kier molecular flexibility index (Phi) is 3.16. The van der Waals surface area contributed by atoms with E-state index >= 15 is 0 Å². The Morgan fingerprint density at radius 2 is 2.08 bits per heavy atom. The van der Waals surface area contributed by atoms with E-state index in [9.17, 15) is 9.59 Å². The van der Waals surface area contributed by atoms with Crippen molar-refractivity contribution in [2.24, 2.45) is 0 Å². The molecule has 0 saturated heterocycles. The van der Waals surface area contributed by atoms with Gasteiger partial charge in [-0.1, -0.05) is 6.07 Å². The van der Waals surface area contributed by atoms with E-state index in [0.717, 1.165) is 0 Å². The summed E-state index contributed by atoms with van der Waals surface area (Å²) in [5.74, 6) is 0.210. The number of rotatable bonds is 4. The highest BCUT2D eigenvalue weighted by molar-refractivity contribution is 5.83. The van der Waals surface area contributed by atoms with Gasteiger partial charge < -0.3 is 9.84 Å². The molecule has 0 aromatic heterocycles. The summed E-state index contributed by atoms with van der Waals surface area (Å²) in [5.41, 5.74) is 0.703. The van der Waals surface area contributed by atoms with E-state index in [4.69, 9.17) is 9.84 Å². The fraction of sp³-hybridized carbons (Fsp3) is 0.111. The first-order chi connectivity index (χ1) is 6.31. The smallest absolute Gasteiger partial charge is 0.186 e. The Morgan fingerprint density at radius 1 is 1.31 bits per heavy atom. The van der Waals surface area contributed by atoms with E-state index in [-0.39, 0.29) is 5.75 Å². The van der Waals surface area contributed by atoms with Crippen LogP contribution < -0.4 is 4.74 Å². The van der Waals surface area contributed by atoms with Gasteiger partial charge in [0.2, 0.25) is 0 Å². The largest absolute Gasteiger partial charge is 0.467 e. The number of carbonyl (C=O) groups is 2. The number of hydrogen-bond donors (Lipinski definition) is 1. The van der Waals surface area contributed by atoms with Crippen LogP contribution in [0.4, 0.5) is 0 Å². The number of hydrogen-bond acceptors (Lipinski definition) is 4. The van der Waals surface area contributed by atoms with Crippen molar-refractivity contribution in [3.8, 4) is 5.75 Å². The third kappa shape index (κ3) is 2.13. The first-order valence-corrected chi connectivity index (χ1v) is 3.60. The van der Waals surface area contributed by atoms with Crippen LogP contribution in [0.3, 0.4) is 0 Å². The average Bonchev–Trinajstić information content (AvgIpc) is 2.18. The molecule has 0 aliphatic carbocycles. The van der Waals surface area contributed by atoms with E-state index in [1.807, 2.05) is 0 Å². The minimum atomic E-state index is -0.525. The number of benzene rings is 1. The van der Waals surface area contributed by atoms with Crippen LogP contribution in [0, 0.1) is 0 Å². The summed E-state index contributed by atoms with van der Waals surface area (Å²) in [7, 11) is 0. The van der Waals surface area contributed by atoms with Gasteiger partial charge in [-0.15, -0.1) is 0 Å². The lowest BCUT2D eigenvalue weighted by Gasteiger charge is -2.04. The fourth-order valence-corrected chi connectivity index (χ4v) is 0.916. The monoisotopic (exact) mass is 180 g/mol. The van der Waals surface area contributed by atoms with Gasteiger partial charge in [0.25, 0.3) is 0 Å². The van der Waals surface area contributed by atoms with Gasteiger partial charge in [0.15, 0.2) is 13.1 Å². The molecule has 0 aliphatic heterocycles. The average molecular weight is 180 g/mol. The maximum absolute atomic E-state index is 10.5. The molecular formula is C9H8O4. The minimum Gasteiger partial charge on any atom is -0.467 e. The van der Waals surface area contributed by atoms with Crippen molar-refractivity contribution in [2.75, 3.05) is 6.79 Å². The zero-order valence-electron chi connectivity index (χ0n) is 6.77. The number of aliphatic hydroxyl groups is 1. The third-order valence-electron chi connectivity index (χ3n) is 1.52. The molecule has 0 amide bonds. The van der Waals surface area contributed by atoms with Crippen LogP contribution in [0.15, 0.2) is 18.2 Å². The Labute approximate surface area is 74.8 Å². The van der Waals surface area contributed by atoms with Gasteiger partial charge in [0, 0.05) is 5.56 Å². The quantitative estimate of drug-likeness (QED) is 0.545. The van der Waals surface area contributed by atoms with Gasteiger partial charge in [-0.2, -0.15) is 0 Å². The molecule has 4 nitrogen and oxygen atoms in total. The first kappa shape index (κ1) is 9.41. The molecule has 0 atom stereocenters. The van der Waals surface area contributed by atoms with Gasteiger partial charge in [-0.05, 0) is 12.1 Å². The van der Waals surface area contributed by atoms with Gasteiger partial charge >= 0.3 is 0 Å². The molecule has 1 aromatic carbocycles. The SMILES string of the molecule is O=Cc1ccc(C=O)c(OCO)c1. The number of aldehydes is 2. The van der Waals surface area contributed by atoms with E-state index in [0.29, 0.717) is 23.7 Å². The number of ether oxygens (including phenoxy) is 1. The lowest BCUT2D eigenvalue weighted by molar-refractivity contribution is 0.0954. The Hall–Kier alpha value is -1.68. The van der Waals surface area contributed by atoms with Crippen molar-refractivity contribution in [2.45, 2.75) is 0 Å². The van der Waals surface area contributed by atoms with Crippen LogP contribution in [0.5, 0.6) is 5.75 Å². The maximum Gasteiger partial charge on any atom is 0.186 e. The van der Waals surface area contributed by atoms with Crippen LogP contribution in [0.25, 0.3) is 0 Å². The van der Waals surface area contributed by atoms with Crippen LogP contribution >= 0.6 is 0 Å². The van der Waals surface area contributed by atoms with E-state index in [1.165, 1.54) is 18.2 Å². The van der Waals surface area contributed by atoms with Crippen molar-refractivity contribution < 1.29 is 19.4 Å². The standard InChI is InChI=1S/C9H8O4/c10-4-7-1-2-8(5-11)9(3-7)13-6-12/h1-5,12H,6H2. The molecule has 0 radical (unpaired) electrons. The van der Waals surface area contributed by atoms with Crippen molar-refractivity contribution in [1.82, 2.24) is 0 Å². The fourth-order valence-electron chi connectivity index (χ4n) is 0.916. The zero-order valence-corrected chi connectivity index (χ0v) is 6.77. The first-order valence-electron chi connectivity index (χ1n) is 3.60. The molecule has 0 unspecified atom stereocenters. The summed E-state index contributed by atoms with van der Waals surface area (Å²) < 4.78 is 4.74. The molecule has 0 bridgehead atoms. The van der Waals surface area contributed by atoms with Crippen molar-refractivity contribution in [1.29, 1.82) is 0 Å². The topological polar surface area (TPSA) is 63.6 Å². The molecule has 68 valence electrons. The minimum absolute atomic E-state index is 0.210. The number of aliphatic hydroxyl groups excluding tert-OH is 1. The molecule has 0 fully saturated rings. The van der Waals surface area contributed by atoms with Crippen LogP contribution in [-0.4, -0.2) is 24.5 Å².